The highest BCUT2D eigenvalue weighted by molar-refractivity contribution is 7.92. The molecule has 0 aliphatic rings. The van der Waals surface area contributed by atoms with E-state index in [1.165, 1.54) is 0 Å². The molecular weight excluding hydrogens is 380 g/mol. The molecular formula is C24H26N2O2S. The van der Waals surface area contributed by atoms with Crippen molar-refractivity contribution in [2.75, 3.05) is 4.72 Å². The highest BCUT2D eigenvalue weighted by Crippen LogP contribution is 2.28. The lowest BCUT2D eigenvalue weighted by molar-refractivity contribution is 0.584. The van der Waals surface area contributed by atoms with E-state index in [-0.39, 0.29) is 5.41 Å². The first-order valence-electron chi connectivity index (χ1n) is 9.48. The van der Waals surface area contributed by atoms with Gasteiger partial charge in [0.25, 0.3) is 10.0 Å². The predicted molar refractivity (Wildman–Crippen MR) is 120 cm³/mol. The Morgan fingerprint density at radius 1 is 0.931 bits per heavy atom. The lowest BCUT2D eigenvalue weighted by atomic mass is 9.87. The number of nitrogens with one attached hydrogen (secondary N) is 1. The molecule has 0 saturated carbocycles. The number of benzene rings is 2. The van der Waals surface area contributed by atoms with E-state index >= 15 is 0 Å². The summed E-state index contributed by atoms with van der Waals surface area (Å²) < 4.78 is 28.8. The average Bonchev–Trinajstić information content (AvgIpc) is 2.66. The molecule has 0 amide bonds. The van der Waals surface area contributed by atoms with Crippen molar-refractivity contribution in [2.24, 2.45) is 0 Å². The fourth-order valence-corrected chi connectivity index (χ4v) is 4.25. The lowest BCUT2D eigenvalue weighted by Crippen LogP contribution is -2.17. The van der Waals surface area contributed by atoms with Crippen LogP contribution in [0.2, 0.25) is 0 Å². The van der Waals surface area contributed by atoms with Crippen molar-refractivity contribution in [3.8, 4) is 0 Å². The van der Waals surface area contributed by atoms with Crippen molar-refractivity contribution in [3.05, 3.63) is 89.2 Å². The lowest BCUT2D eigenvalue weighted by Gasteiger charge is -2.21. The Labute approximate surface area is 173 Å². The van der Waals surface area contributed by atoms with E-state index in [1.807, 2.05) is 61.5 Å². The smallest absolute Gasteiger partial charge is 0.262 e. The molecule has 29 heavy (non-hydrogen) atoms. The van der Waals surface area contributed by atoms with E-state index in [1.54, 1.807) is 24.4 Å². The Balaban J connectivity index is 1.87. The molecule has 0 spiro atoms. The molecule has 0 aliphatic carbocycles. The maximum atomic E-state index is 13.1. The van der Waals surface area contributed by atoms with Gasteiger partial charge in [-0.1, -0.05) is 57.2 Å². The minimum absolute atomic E-state index is 0.131. The van der Waals surface area contributed by atoms with Crippen LogP contribution in [0.25, 0.3) is 12.2 Å². The molecule has 2 aromatic carbocycles. The minimum Gasteiger partial charge on any atom is -0.280 e. The maximum Gasteiger partial charge on any atom is 0.262 e. The van der Waals surface area contributed by atoms with Gasteiger partial charge in [-0.25, -0.2) is 8.42 Å². The van der Waals surface area contributed by atoms with Crippen LogP contribution < -0.4 is 4.72 Å². The van der Waals surface area contributed by atoms with Gasteiger partial charge in [0, 0.05) is 11.9 Å². The Kier molecular flexibility index (Phi) is 5.89. The first-order chi connectivity index (χ1) is 13.6. The first-order valence-corrected chi connectivity index (χ1v) is 11.0. The van der Waals surface area contributed by atoms with Gasteiger partial charge in [-0.2, -0.15) is 0 Å². The van der Waals surface area contributed by atoms with Crippen LogP contribution in [0, 0.1) is 6.92 Å². The van der Waals surface area contributed by atoms with Gasteiger partial charge in [0.05, 0.1) is 10.6 Å². The highest BCUT2D eigenvalue weighted by atomic mass is 32.2. The van der Waals surface area contributed by atoms with Gasteiger partial charge in [-0.15, -0.1) is 0 Å². The third-order valence-corrected chi connectivity index (χ3v) is 6.14. The topological polar surface area (TPSA) is 59.1 Å². The van der Waals surface area contributed by atoms with E-state index in [4.69, 9.17) is 0 Å². The second-order valence-electron chi connectivity index (χ2n) is 8.05. The fourth-order valence-electron chi connectivity index (χ4n) is 2.93. The van der Waals surface area contributed by atoms with Crippen molar-refractivity contribution in [1.29, 1.82) is 0 Å². The van der Waals surface area contributed by atoms with Crippen LogP contribution in [-0.4, -0.2) is 13.4 Å². The van der Waals surface area contributed by atoms with Crippen LogP contribution in [0.4, 0.5) is 5.69 Å². The standard InChI is InChI=1S/C24H26N2O2S/c1-18-11-13-20(24(2,3)4)17-23(18)29(27,28)26-22-10-7-8-19(16-22)12-14-21-9-5-6-15-25-21/h5-17,26H,1-4H3/b14-12+. The first kappa shape index (κ1) is 20.8. The summed E-state index contributed by atoms with van der Waals surface area (Å²) in [5, 5.41) is 0. The Bertz CT molecular complexity index is 1130. The minimum atomic E-state index is -3.70. The van der Waals surface area contributed by atoms with Crippen LogP contribution in [0.3, 0.4) is 0 Å². The van der Waals surface area contributed by atoms with Gasteiger partial charge in [-0.3, -0.25) is 9.71 Å². The molecule has 3 aromatic rings. The molecule has 1 heterocycles. The SMILES string of the molecule is Cc1ccc(C(C)(C)C)cc1S(=O)(=O)Nc1cccc(/C=C/c2ccccn2)c1. The van der Waals surface area contributed by atoms with Crippen molar-refractivity contribution >= 4 is 27.9 Å². The average molecular weight is 407 g/mol. The number of sulfonamides is 1. The van der Waals surface area contributed by atoms with Crippen LogP contribution >= 0.6 is 0 Å². The van der Waals surface area contributed by atoms with Crippen molar-refractivity contribution in [3.63, 3.8) is 0 Å². The maximum absolute atomic E-state index is 13.1. The molecule has 4 nitrogen and oxygen atoms in total. The third-order valence-electron chi connectivity index (χ3n) is 4.62. The fraction of sp³-hybridized carbons (Fsp3) is 0.208. The summed E-state index contributed by atoms with van der Waals surface area (Å²) in [6.07, 6.45) is 5.54. The van der Waals surface area contributed by atoms with Gasteiger partial charge in [-0.05, 0) is 65.4 Å². The zero-order valence-electron chi connectivity index (χ0n) is 17.2. The molecule has 0 aliphatic heterocycles. The van der Waals surface area contributed by atoms with Crippen molar-refractivity contribution in [2.45, 2.75) is 38.0 Å². The normalized spacial score (nSPS) is 12.3. The van der Waals surface area contributed by atoms with Gasteiger partial charge in [0.15, 0.2) is 0 Å². The second kappa shape index (κ2) is 8.21. The van der Waals surface area contributed by atoms with Crippen LogP contribution in [-0.2, 0) is 15.4 Å². The van der Waals surface area contributed by atoms with Gasteiger partial charge >= 0.3 is 0 Å². The quantitative estimate of drug-likeness (QED) is 0.595. The van der Waals surface area contributed by atoms with E-state index < -0.39 is 10.0 Å². The number of nitrogens with zero attached hydrogens (tertiary/aromatic N) is 1. The largest absolute Gasteiger partial charge is 0.280 e. The molecule has 0 saturated heterocycles. The highest BCUT2D eigenvalue weighted by Gasteiger charge is 2.21. The summed E-state index contributed by atoms with van der Waals surface area (Å²) in [4.78, 5) is 4.56. The molecule has 1 aromatic heterocycles. The van der Waals surface area contributed by atoms with Crippen LogP contribution in [0.15, 0.2) is 71.8 Å². The zero-order valence-corrected chi connectivity index (χ0v) is 18.0. The molecule has 0 bridgehead atoms. The summed E-state index contributed by atoms with van der Waals surface area (Å²) >= 11 is 0. The molecule has 0 fully saturated rings. The monoisotopic (exact) mass is 406 g/mol. The molecule has 0 atom stereocenters. The van der Waals surface area contributed by atoms with Gasteiger partial charge in [0.1, 0.15) is 0 Å². The Morgan fingerprint density at radius 2 is 1.72 bits per heavy atom. The number of hydrogen-bond acceptors (Lipinski definition) is 3. The second-order valence-corrected chi connectivity index (χ2v) is 9.70. The molecule has 0 radical (unpaired) electrons. The molecule has 1 N–H and O–H groups in total. The summed E-state index contributed by atoms with van der Waals surface area (Å²) in [5.74, 6) is 0. The number of aromatic nitrogens is 1. The Hall–Kier alpha value is -2.92. The van der Waals surface area contributed by atoms with Gasteiger partial charge < -0.3 is 0 Å². The third kappa shape index (κ3) is 5.33. The zero-order chi connectivity index (χ0) is 21.1. The van der Waals surface area contributed by atoms with E-state index in [0.717, 1.165) is 22.4 Å². The summed E-state index contributed by atoms with van der Waals surface area (Å²) in [6.45, 7) is 8.02. The molecule has 0 unspecified atom stereocenters. The predicted octanol–water partition coefficient (Wildman–Crippen LogP) is 5.66. The van der Waals surface area contributed by atoms with Crippen molar-refractivity contribution in [1.82, 2.24) is 4.98 Å². The van der Waals surface area contributed by atoms with E-state index in [2.05, 4.69) is 30.5 Å². The van der Waals surface area contributed by atoms with Gasteiger partial charge in [0.2, 0.25) is 0 Å². The van der Waals surface area contributed by atoms with E-state index in [0.29, 0.717) is 10.6 Å². The summed E-state index contributed by atoms with van der Waals surface area (Å²) in [7, 11) is -3.70. The van der Waals surface area contributed by atoms with Crippen LogP contribution in [0.5, 0.6) is 0 Å². The number of pyridine rings is 1. The number of rotatable bonds is 5. The number of aryl methyl sites for hydroxylation is 1. The van der Waals surface area contributed by atoms with E-state index in [9.17, 15) is 8.42 Å². The molecule has 150 valence electrons. The number of anilines is 1. The van der Waals surface area contributed by atoms with Crippen molar-refractivity contribution < 1.29 is 8.42 Å². The number of hydrogen-bond donors (Lipinski definition) is 1. The molecule has 3 rings (SSSR count). The summed E-state index contributed by atoms with van der Waals surface area (Å²) in [6, 6.07) is 18.6. The Morgan fingerprint density at radius 3 is 2.41 bits per heavy atom. The summed E-state index contributed by atoms with van der Waals surface area (Å²) in [5.41, 5.74) is 3.82. The van der Waals surface area contributed by atoms with Crippen LogP contribution in [0.1, 0.15) is 43.2 Å². The molecule has 5 heteroatoms.